The van der Waals surface area contributed by atoms with Crippen molar-refractivity contribution in [2.24, 2.45) is 0 Å². The van der Waals surface area contributed by atoms with E-state index in [1.807, 2.05) is 13.8 Å². The van der Waals surface area contributed by atoms with Gasteiger partial charge in [-0.1, -0.05) is 17.3 Å². The highest BCUT2D eigenvalue weighted by Crippen LogP contribution is 2.19. The Bertz CT molecular complexity index is 953. The maximum Gasteiger partial charge on any atom is 0.338 e. The molecule has 0 saturated heterocycles. The van der Waals surface area contributed by atoms with E-state index in [1.54, 1.807) is 37.3 Å². The minimum absolute atomic E-state index is 0.272. The van der Waals surface area contributed by atoms with Crippen molar-refractivity contribution in [3.8, 4) is 11.4 Å². The summed E-state index contributed by atoms with van der Waals surface area (Å²) in [5.74, 6) is 0.494. The summed E-state index contributed by atoms with van der Waals surface area (Å²) in [6.07, 6.45) is -0.982. The molecule has 0 aliphatic carbocycles. The normalized spacial score (nSPS) is 11.9. The lowest BCUT2D eigenvalue weighted by molar-refractivity contribution is -0.123. The summed E-state index contributed by atoms with van der Waals surface area (Å²) in [7, 11) is 0. The number of carbonyl (C=O) groups is 2. The van der Waals surface area contributed by atoms with Crippen LogP contribution in [-0.2, 0) is 9.53 Å². The van der Waals surface area contributed by atoms with Crippen molar-refractivity contribution >= 4 is 17.7 Å². The van der Waals surface area contributed by atoms with Crippen LogP contribution in [0.4, 0.5) is 5.82 Å². The van der Waals surface area contributed by atoms with Gasteiger partial charge >= 0.3 is 5.97 Å². The summed E-state index contributed by atoms with van der Waals surface area (Å²) in [6, 6.07) is 8.39. The first-order valence-electron chi connectivity index (χ1n) is 8.42. The van der Waals surface area contributed by atoms with Crippen molar-refractivity contribution in [2.75, 3.05) is 5.32 Å². The topological polar surface area (TPSA) is 110 Å². The summed E-state index contributed by atoms with van der Waals surface area (Å²) < 4.78 is 10.1. The maximum atomic E-state index is 12.3. The fourth-order valence-electron chi connectivity index (χ4n) is 2.38. The van der Waals surface area contributed by atoms with Crippen LogP contribution in [0.3, 0.4) is 0 Å². The number of aromatic amines is 1. The molecule has 140 valence electrons. The van der Waals surface area contributed by atoms with E-state index >= 15 is 0 Å². The van der Waals surface area contributed by atoms with Crippen LogP contribution < -0.4 is 5.32 Å². The Balaban J connectivity index is 1.62. The Morgan fingerprint density at radius 2 is 1.89 bits per heavy atom. The highest BCUT2D eigenvalue weighted by atomic mass is 16.5. The number of nitrogens with one attached hydrogen (secondary N) is 2. The first-order valence-corrected chi connectivity index (χ1v) is 8.42. The van der Waals surface area contributed by atoms with Crippen LogP contribution in [0.2, 0.25) is 0 Å². The molecular weight excluding hydrogens is 348 g/mol. The molecule has 0 bridgehead atoms. The number of H-pyrrole nitrogens is 1. The summed E-state index contributed by atoms with van der Waals surface area (Å²) in [5.41, 5.74) is 3.12. The average molecular weight is 368 g/mol. The van der Waals surface area contributed by atoms with Gasteiger partial charge < -0.3 is 19.6 Å². The first-order chi connectivity index (χ1) is 12.8. The lowest BCUT2D eigenvalue weighted by Gasteiger charge is -2.12. The van der Waals surface area contributed by atoms with E-state index in [-0.39, 0.29) is 5.82 Å². The Kier molecular flexibility index (Phi) is 5.07. The number of aromatic nitrogens is 3. The van der Waals surface area contributed by atoms with Gasteiger partial charge in [0.25, 0.3) is 5.91 Å². The van der Waals surface area contributed by atoms with Crippen LogP contribution in [0.5, 0.6) is 0 Å². The number of hydrogen-bond donors (Lipinski definition) is 2. The fourth-order valence-corrected chi connectivity index (χ4v) is 2.38. The van der Waals surface area contributed by atoms with E-state index < -0.39 is 18.0 Å². The number of benzene rings is 1. The van der Waals surface area contributed by atoms with E-state index in [2.05, 4.69) is 20.4 Å². The molecule has 1 atom stereocenters. The molecule has 1 unspecified atom stereocenters. The molecule has 1 amide bonds. The van der Waals surface area contributed by atoms with E-state index in [1.165, 1.54) is 6.92 Å². The molecule has 8 heteroatoms. The van der Waals surface area contributed by atoms with Crippen LogP contribution >= 0.6 is 0 Å². The van der Waals surface area contributed by atoms with Gasteiger partial charge in [0.1, 0.15) is 11.6 Å². The minimum atomic E-state index is -0.982. The minimum Gasteiger partial charge on any atom is -0.449 e. The standard InChI is InChI=1S/C19H20N4O4/c1-10-9-16(23-27-10)22-18(24)13(4)26-19(25)15-7-5-14(6-8-15)17-20-11(2)12(3)21-17/h5-9,13H,1-4H3,(H,20,21)(H,22,23,24). The number of carbonyl (C=O) groups excluding carboxylic acids is 2. The van der Waals surface area contributed by atoms with Crippen molar-refractivity contribution in [2.45, 2.75) is 33.8 Å². The largest absolute Gasteiger partial charge is 0.449 e. The SMILES string of the molecule is Cc1cc(NC(=O)C(C)OC(=O)c2ccc(-c3nc(C)c(C)[nH]3)cc2)no1. The average Bonchev–Trinajstić information content (AvgIpc) is 3.20. The van der Waals surface area contributed by atoms with Gasteiger partial charge in [0.15, 0.2) is 11.9 Å². The highest BCUT2D eigenvalue weighted by molar-refractivity contribution is 5.97. The maximum absolute atomic E-state index is 12.3. The number of amides is 1. The molecule has 27 heavy (non-hydrogen) atoms. The molecule has 3 rings (SSSR count). The van der Waals surface area contributed by atoms with Crippen molar-refractivity contribution in [3.63, 3.8) is 0 Å². The summed E-state index contributed by atoms with van der Waals surface area (Å²) in [6.45, 7) is 7.07. The van der Waals surface area contributed by atoms with Gasteiger partial charge in [0.2, 0.25) is 0 Å². The zero-order chi connectivity index (χ0) is 19.6. The Labute approximate surface area is 155 Å². The van der Waals surface area contributed by atoms with Gasteiger partial charge in [-0.25, -0.2) is 9.78 Å². The predicted octanol–water partition coefficient (Wildman–Crippen LogP) is 3.17. The molecular formula is C19H20N4O4. The Hall–Kier alpha value is -3.42. The van der Waals surface area contributed by atoms with Gasteiger partial charge in [-0.3, -0.25) is 4.79 Å². The molecule has 0 aliphatic rings. The molecule has 0 aliphatic heterocycles. The summed E-state index contributed by atoms with van der Waals surface area (Å²) >= 11 is 0. The number of esters is 1. The predicted molar refractivity (Wildman–Crippen MR) is 98.2 cm³/mol. The quantitative estimate of drug-likeness (QED) is 0.669. The van der Waals surface area contributed by atoms with Crippen molar-refractivity contribution < 1.29 is 18.8 Å². The number of anilines is 1. The van der Waals surface area contributed by atoms with Gasteiger partial charge in [-0.15, -0.1) is 0 Å². The molecule has 2 heterocycles. The van der Waals surface area contributed by atoms with E-state index in [0.29, 0.717) is 11.3 Å². The second-order valence-corrected chi connectivity index (χ2v) is 6.23. The van der Waals surface area contributed by atoms with Gasteiger partial charge in [-0.05, 0) is 39.8 Å². The molecule has 2 N–H and O–H groups in total. The van der Waals surface area contributed by atoms with Crippen molar-refractivity contribution in [1.82, 2.24) is 15.1 Å². The molecule has 0 spiro atoms. The monoisotopic (exact) mass is 368 g/mol. The number of rotatable bonds is 5. The van der Waals surface area contributed by atoms with Gasteiger partial charge in [-0.2, -0.15) is 0 Å². The molecule has 0 fully saturated rings. The molecule has 0 radical (unpaired) electrons. The summed E-state index contributed by atoms with van der Waals surface area (Å²) in [5, 5.41) is 6.19. The van der Waals surface area contributed by atoms with Crippen LogP contribution in [0.1, 0.15) is 34.4 Å². The van der Waals surface area contributed by atoms with Crippen LogP contribution in [0.25, 0.3) is 11.4 Å². The third-order valence-corrected chi connectivity index (χ3v) is 4.05. The number of ether oxygens (including phenoxy) is 1. The van der Waals surface area contributed by atoms with E-state index in [9.17, 15) is 9.59 Å². The molecule has 3 aromatic rings. The third-order valence-electron chi connectivity index (χ3n) is 4.05. The smallest absolute Gasteiger partial charge is 0.338 e. The second-order valence-electron chi connectivity index (χ2n) is 6.23. The highest BCUT2D eigenvalue weighted by Gasteiger charge is 2.20. The van der Waals surface area contributed by atoms with Gasteiger partial charge in [0, 0.05) is 17.3 Å². The van der Waals surface area contributed by atoms with E-state index in [4.69, 9.17) is 9.26 Å². The van der Waals surface area contributed by atoms with Crippen molar-refractivity contribution in [3.05, 3.63) is 53.0 Å². The van der Waals surface area contributed by atoms with Crippen LogP contribution in [-0.4, -0.2) is 33.1 Å². The molecule has 2 aromatic heterocycles. The first kappa shape index (κ1) is 18.4. The Morgan fingerprint density at radius 3 is 2.44 bits per heavy atom. The van der Waals surface area contributed by atoms with Gasteiger partial charge in [0.05, 0.1) is 11.3 Å². The van der Waals surface area contributed by atoms with Crippen LogP contribution in [0.15, 0.2) is 34.9 Å². The van der Waals surface area contributed by atoms with Crippen LogP contribution in [0, 0.1) is 20.8 Å². The lowest BCUT2D eigenvalue weighted by atomic mass is 10.1. The van der Waals surface area contributed by atoms with Crippen molar-refractivity contribution in [1.29, 1.82) is 0 Å². The zero-order valence-corrected chi connectivity index (χ0v) is 15.5. The molecule has 8 nitrogen and oxygen atoms in total. The third kappa shape index (κ3) is 4.22. The molecule has 0 saturated carbocycles. The number of aryl methyl sites for hydroxylation is 3. The van der Waals surface area contributed by atoms with E-state index in [0.717, 1.165) is 22.8 Å². The number of imidazole rings is 1. The zero-order valence-electron chi connectivity index (χ0n) is 15.5. The number of nitrogens with zero attached hydrogens (tertiary/aromatic N) is 2. The molecule has 1 aromatic carbocycles. The fraction of sp³-hybridized carbons (Fsp3) is 0.263. The lowest BCUT2D eigenvalue weighted by Crippen LogP contribution is -2.30. The number of hydrogen-bond acceptors (Lipinski definition) is 6. The Morgan fingerprint density at radius 1 is 1.19 bits per heavy atom. The second kappa shape index (κ2) is 7.45. The summed E-state index contributed by atoms with van der Waals surface area (Å²) in [4.78, 5) is 32.0.